The van der Waals surface area contributed by atoms with Crippen molar-refractivity contribution in [3.05, 3.63) is 30.3 Å². The van der Waals surface area contributed by atoms with Crippen molar-refractivity contribution in [1.82, 2.24) is 0 Å². The van der Waals surface area contributed by atoms with Gasteiger partial charge >= 0.3 is 68.9 Å². The normalized spacial score (nSPS) is 10.3. The molecule has 2 N–H and O–H groups in total. The van der Waals surface area contributed by atoms with E-state index < -0.39 is 10.0 Å². The molecule has 0 spiro atoms. The summed E-state index contributed by atoms with van der Waals surface area (Å²) in [5, 5.41) is 4.83. The van der Waals surface area contributed by atoms with E-state index in [4.69, 9.17) is 5.14 Å². The second-order valence-electron chi connectivity index (χ2n) is 1.86. The first-order valence-corrected chi connectivity index (χ1v) is 4.23. The Labute approximate surface area is 125 Å². The summed E-state index contributed by atoms with van der Waals surface area (Å²) in [5.74, 6) is 0. The number of sulfonamides is 1. The van der Waals surface area contributed by atoms with Gasteiger partial charge in [0.25, 0.3) is 0 Å². The second kappa shape index (κ2) is 5.03. The Hall–Kier alpha value is 1.18. The van der Waals surface area contributed by atoms with Crippen molar-refractivity contribution in [3.63, 3.8) is 0 Å². The number of primary sulfonamides is 1. The third kappa shape index (κ3) is 4.09. The molecular formula is C6H8CsNO2S. The predicted molar refractivity (Wildman–Crippen MR) is 45.0 cm³/mol. The van der Waals surface area contributed by atoms with Gasteiger partial charge in [-0.25, -0.2) is 13.6 Å². The molecule has 0 amide bonds. The zero-order chi connectivity index (χ0) is 7.61. The van der Waals surface area contributed by atoms with Gasteiger partial charge in [-0.3, -0.25) is 0 Å². The number of rotatable bonds is 1. The molecule has 0 unspecified atom stereocenters. The zero-order valence-electron chi connectivity index (χ0n) is 5.19. The summed E-state index contributed by atoms with van der Waals surface area (Å²) < 4.78 is 21.2. The minimum absolute atomic E-state index is 0. The molecule has 11 heavy (non-hydrogen) atoms. The topological polar surface area (TPSA) is 60.2 Å². The summed E-state index contributed by atoms with van der Waals surface area (Å²) in [7, 11) is -3.50. The molecule has 0 bridgehead atoms. The summed E-state index contributed by atoms with van der Waals surface area (Å²) in [6.45, 7) is 0. The van der Waals surface area contributed by atoms with Crippen molar-refractivity contribution < 1.29 is 8.42 Å². The first-order valence-electron chi connectivity index (χ1n) is 2.68. The summed E-state index contributed by atoms with van der Waals surface area (Å²) >= 11 is 0. The number of nitrogens with two attached hydrogens (primary N) is 1. The predicted octanol–water partition coefficient (Wildman–Crippen LogP) is -0.314. The van der Waals surface area contributed by atoms with Crippen LogP contribution >= 0.6 is 0 Å². The first kappa shape index (κ1) is 12.2. The Kier molecular flexibility index (Phi) is 5.57. The van der Waals surface area contributed by atoms with Crippen LogP contribution in [0.15, 0.2) is 35.2 Å². The molecule has 0 aromatic heterocycles. The van der Waals surface area contributed by atoms with E-state index in [2.05, 4.69) is 0 Å². The molecule has 56 valence electrons. The summed E-state index contributed by atoms with van der Waals surface area (Å²) in [6, 6.07) is 7.89. The van der Waals surface area contributed by atoms with Crippen LogP contribution in [-0.2, 0) is 10.0 Å². The molecule has 1 aromatic rings. The van der Waals surface area contributed by atoms with E-state index >= 15 is 0 Å². The van der Waals surface area contributed by atoms with Gasteiger partial charge in [0.15, 0.2) is 0 Å². The fourth-order valence-corrected chi connectivity index (χ4v) is 1.15. The molecule has 0 fully saturated rings. The average molecular weight is 291 g/mol. The number of hydrogen-bond donors (Lipinski definition) is 1. The minimum atomic E-state index is -3.50. The molecule has 0 atom stereocenters. The standard InChI is InChI=1S/C6H7NO2S.Cs.H/c7-10(8,9)6-4-2-1-3-5-6;;/h1-5H,(H2,7,8,9);;. The molecule has 0 heterocycles. The van der Waals surface area contributed by atoms with Crippen LogP contribution in [0, 0.1) is 0 Å². The van der Waals surface area contributed by atoms with E-state index in [0.29, 0.717) is 0 Å². The summed E-state index contributed by atoms with van der Waals surface area (Å²) in [5.41, 5.74) is 0. The Morgan fingerprint density at radius 2 is 1.55 bits per heavy atom. The van der Waals surface area contributed by atoms with Crippen LogP contribution in [0.3, 0.4) is 0 Å². The Morgan fingerprint density at radius 3 is 1.82 bits per heavy atom. The Morgan fingerprint density at radius 1 is 1.09 bits per heavy atom. The Balaban J connectivity index is 0.000001000. The van der Waals surface area contributed by atoms with E-state index in [9.17, 15) is 8.42 Å². The Bertz CT molecular complexity index is 309. The van der Waals surface area contributed by atoms with Crippen LogP contribution in [-0.4, -0.2) is 77.3 Å². The fraction of sp³-hybridized carbons (Fsp3) is 0. The van der Waals surface area contributed by atoms with Crippen molar-refractivity contribution >= 4 is 78.9 Å². The van der Waals surface area contributed by atoms with E-state index in [1.54, 1.807) is 18.2 Å². The van der Waals surface area contributed by atoms with Crippen molar-refractivity contribution in [1.29, 1.82) is 0 Å². The van der Waals surface area contributed by atoms with Crippen LogP contribution in [0.1, 0.15) is 0 Å². The van der Waals surface area contributed by atoms with Crippen LogP contribution in [0.2, 0.25) is 0 Å². The molecule has 1 rings (SSSR count). The molecule has 3 nitrogen and oxygen atoms in total. The molecule has 1 aromatic carbocycles. The third-order valence-electron chi connectivity index (χ3n) is 1.07. The summed E-state index contributed by atoms with van der Waals surface area (Å²) in [4.78, 5) is 0.148. The van der Waals surface area contributed by atoms with Gasteiger partial charge in [0.2, 0.25) is 10.0 Å². The third-order valence-corrected chi connectivity index (χ3v) is 2.00. The molecule has 0 aliphatic rings. The van der Waals surface area contributed by atoms with Gasteiger partial charge in [0.1, 0.15) is 0 Å². The van der Waals surface area contributed by atoms with Crippen molar-refractivity contribution in [2.75, 3.05) is 0 Å². The van der Waals surface area contributed by atoms with E-state index in [0.717, 1.165) is 0 Å². The van der Waals surface area contributed by atoms with Crippen molar-refractivity contribution in [2.24, 2.45) is 5.14 Å². The molecular weight excluding hydrogens is 283 g/mol. The van der Waals surface area contributed by atoms with Gasteiger partial charge in [0.05, 0.1) is 4.90 Å². The fourth-order valence-electron chi connectivity index (χ4n) is 0.610. The van der Waals surface area contributed by atoms with Crippen molar-refractivity contribution in [2.45, 2.75) is 4.90 Å². The monoisotopic (exact) mass is 291 g/mol. The van der Waals surface area contributed by atoms with E-state index in [1.807, 2.05) is 0 Å². The van der Waals surface area contributed by atoms with Crippen LogP contribution in [0.4, 0.5) is 0 Å². The zero-order valence-corrected chi connectivity index (χ0v) is 6.01. The van der Waals surface area contributed by atoms with Gasteiger partial charge in [0, 0.05) is 0 Å². The van der Waals surface area contributed by atoms with E-state index in [1.165, 1.54) is 12.1 Å². The number of hydrogen-bond acceptors (Lipinski definition) is 2. The van der Waals surface area contributed by atoms with Gasteiger partial charge in [-0.1, -0.05) is 18.2 Å². The SMILES string of the molecule is NS(=O)(=O)c1ccccc1.[CsH]. The van der Waals surface area contributed by atoms with Crippen LogP contribution in [0.5, 0.6) is 0 Å². The summed E-state index contributed by atoms with van der Waals surface area (Å²) in [6.07, 6.45) is 0. The average Bonchev–Trinajstić information content (AvgIpc) is 1.88. The quantitative estimate of drug-likeness (QED) is 0.771. The van der Waals surface area contributed by atoms with Crippen molar-refractivity contribution in [3.8, 4) is 0 Å². The van der Waals surface area contributed by atoms with Gasteiger partial charge in [-0.2, -0.15) is 0 Å². The first-order chi connectivity index (χ1) is 4.61. The molecule has 0 saturated carbocycles. The van der Waals surface area contributed by atoms with E-state index in [-0.39, 0.29) is 73.8 Å². The van der Waals surface area contributed by atoms with Crippen LogP contribution < -0.4 is 5.14 Å². The molecule has 0 radical (unpaired) electrons. The molecule has 0 saturated heterocycles. The molecule has 0 aliphatic carbocycles. The molecule has 5 heteroatoms. The van der Waals surface area contributed by atoms with Gasteiger partial charge < -0.3 is 0 Å². The maximum absolute atomic E-state index is 10.6. The van der Waals surface area contributed by atoms with Gasteiger partial charge in [-0.05, 0) is 12.1 Å². The number of benzene rings is 1. The van der Waals surface area contributed by atoms with Crippen LogP contribution in [0.25, 0.3) is 0 Å². The molecule has 0 aliphatic heterocycles. The second-order valence-corrected chi connectivity index (χ2v) is 3.42. The van der Waals surface area contributed by atoms with Gasteiger partial charge in [-0.15, -0.1) is 0 Å². The maximum atomic E-state index is 10.6.